The lowest BCUT2D eigenvalue weighted by Gasteiger charge is -2.32. The summed E-state index contributed by atoms with van der Waals surface area (Å²) in [6, 6.07) is 0. The van der Waals surface area contributed by atoms with Crippen molar-refractivity contribution in [2.45, 2.75) is 57.2 Å². The van der Waals surface area contributed by atoms with Gasteiger partial charge in [-0.2, -0.15) is 0 Å². The first-order valence-electron chi connectivity index (χ1n) is 6.07. The highest BCUT2D eigenvalue weighted by atomic mass is 16.3. The number of hydrogen-bond donors (Lipinski definition) is 2. The molecule has 3 nitrogen and oxygen atoms in total. The van der Waals surface area contributed by atoms with Crippen molar-refractivity contribution < 1.29 is 15.0 Å². The molecule has 86 valence electrons. The van der Waals surface area contributed by atoms with Gasteiger partial charge >= 0.3 is 0 Å². The number of aliphatic hydroxyl groups excluding tert-OH is 2. The van der Waals surface area contributed by atoms with Crippen LogP contribution in [0, 0.1) is 11.8 Å². The van der Waals surface area contributed by atoms with Crippen LogP contribution in [0.2, 0.25) is 0 Å². The van der Waals surface area contributed by atoms with E-state index in [0.29, 0.717) is 24.5 Å². The fourth-order valence-electron chi connectivity index (χ4n) is 2.52. The van der Waals surface area contributed by atoms with Crippen molar-refractivity contribution in [2.75, 3.05) is 0 Å². The molecule has 0 bridgehead atoms. The van der Waals surface area contributed by atoms with Crippen molar-refractivity contribution in [3.63, 3.8) is 0 Å². The highest BCUT2D eigenvalue weighted by molar-refractivity contribution is 5.83. The molecule has 2 aliphatic rings. The van der Waals surface area contributed by atoms with Gasteiger partial charge in [-0.25, -0.2) is 0 Å². The summed E-state index contributed by atoms with van der Waals surface area (Å²) in [5, 5.41) is 19.5. The molecule has 0 saturated heterocycles. The zero-order valence-corrected chi connectivity index (χ0v) is 9.06. The number of carbonyl (C=O) groups excluding carboxylic acids is 1. The van der Waals surface area contributed by atoms with E-state index in [1.165, 1.54) is 0 Å². The molecule has 2 unspecified atom stereocenters. The number of ketones is 1. The molecule has 0 heterocycles. The Balaban J connectivity index is 1.78. The monoisotopic (exact) mass is 212 g/mol. The summed E-state index contributed by atoms with van der Waals surface area (Å²) < 4.78 is 0. The largest absolute Gasteiger partial charge is 0.393 e. The Morgan fingerprint density at radius 3 is 2.20 bits per heavy atom. The molecule has 2 fully saturated rings. The molecule has 2 atom stereocenters. The van der Waals surface area contributed by atoms with Crippen molar-refractivity contribution in [3.8, 4) is 0 Å². The minimum atomic E-state index is -0.402. The molecule has 15 heavy (non-hydrogen) atoms. The van der Waals surface area contributed by atoms with Gasteiger partial charge in [0.1, 0.15) is 5.78 Å². The minimum Gasteiger partial charge on any atom is -0.393 e. The van der Waals surface area contributed by atoms with Crippen LogP contribution in [0.3, 0.4) is 0 Å². The van der Waals surface area contributed by atoms with Gasteiger partial charge in [0.15, 0.2) is 0 Å². The molecule has 0 amide bonds. The molecule has 2 saturated carbocycles. The fourth-order valence-corrected chi connectivity index (χ4v) is 2.52. The topological polar surface area (TPSA) is 57.5 Å². The van der Waals surface area contributed by atoms with Crippen LogP contribution in [0.15, 0.2) is 0 Å². The Morgan fingerprint density at radius 2 is 1.67 bits per heavy atom. The fraction of sp³-hybridized carbons (Fsp3) is 0.917. The van der Waals surface area contributed by atoms with E-state index in [2.05, 4.69) is 0 Å². The first-order chi connectivity index (χ1) is 7.18. The molecule has 0 aliphatic heterocycles. The summed E-state index contributed by atoms with van der Waals surface area (Å²) in [4.78, 5) is 11.5. The second kappa shape index (κ2) is 4.62. The van der Waals surface area contributed by atoms with Gasteiger partial charge in [0.05, 0.1) is 12.2 Å². The van der Waals surface area contributed by atoms with E-state index < -0.39 is 12.2 Å². The SMILES string of the molecule is O=C(CCC1C(O)CCCC1O)C1CC1. The first kappa shape index (κ1) is 11.1. The van der Waals surface area contributed by atoms with Gasteiger partial charge in [-0.15, -0.1) is 0 Å². The van der Waals surface area contributed by atoms with Gasteiger partial charge in [-0.05, 0) is 38.5 Å². The normalized spacial score (nSPS) is 36.5. The second-order valence-electron chi connectivity index (χ2n) is 5.01. The molecule has 0 aromatic rings. The first-order valence-corrected chi connectivity index (χ1v) is 6.07. The molecule has 0 spiro atoms. The standard InChI is InChI=1S/C12H20O3/c13-10(8-4-5-8)7-6-9-11(14)2-1-3-12(9)15/h8-9,11-12,14-15H,1-7H2. The van der Waals surface area contributed by atoms with E-state index in [1.54, 1.807) is 0 Å². The number of carbonyl (C=O) groups is 1. The highest BCUT2D eigenvalue weighted by Gasteiger charge is 2.33. The summed E-state index contributed by atoms with van der Waals surface area (Å²) in [5.41, 5.74) is 0. The van der Waals surface area contributed by atoms with Crippen LogP contribution in [0.5, 0.6) is 0 Å². The van der Waals surface area contributed by atoms with E-state index in [1.807, 2.05) is 0 Å². The molecule has 0 radical (unpaired) electrons. The maximum atomic E-state index is 11.5. The molecule has 2 rings (SSSR count). The average Bonchev–Trinajstić information content (AvgIpc) is 2.99. The van der Waals surface area contributed by atoms with Crippen LogP contribution < -0.4 is 0 Å². The minimum absolute atomic E-state index is 0.0681. The smallest absolute Gasteiger partial charge is 0.135 e. The van der Waals surface area contributed by atoms with Crippen molar-refractivity contribution in [3.05, 3.63) is 0 Å². The Bertz CT molecular complexity index is 225. The Morgan fingerprint density at radius 1 is 1.07 bits per heavy atom. The summed E-state index contributed by atoms with van der Waals surface area (Å²) in [6.07, 6.45) is 4.96. The van der Waals surface area contributed by atoms with Crippen LogP contribution in [0.25, 0.3) is 0 Å². The average molecular weight is 212 g/mol. The van der Waals surface area contributed by atoms with Gasteiger partial charge in [0.2, 0.25) is 0 Å². The number of Topliss-reactive ketones (excluding diaryl/α,β-unsaturated/α-hetero) is 1. The Labute approximate surface area is 90.5 Å². The Kier molecular flexibility index (Phi) is 3.42. The summed E-state index contributed by atoms with van der Waals surface area (Å²) >= 11 is 0. The predicted octanol–water partition coefficient (Wildman–Crippen LogP) is 1.27. The summed E-state index contributed by atoms with van der Waals surface area (Å²) in [7, 11) is 0. The summed E-state index contributed by atoms with van der Waals surface area (Å²) in [6.45, 7) is 0. The van der Waals surface area contributed by atoms with E-state index in [4.69, 9.17) is 0 Å². The quantitative estimate of drug-likeness (QED) is 0.737. The highest BCUT2D eigenvalue weighted by Crippen LogP contribution is 2.34. The number of rotatable bonds is 4. The molecule has 0 aromatic carbocycles. The van der Waals surface area contributed by atoms with Crippen LogP contribution in [-0.2, 0) is 4.79 Å². The van der Waals surface area contributed by atoms with E-state index >= 15 is 0 Å². The van der Waals surface area contributed by atoms with Crippen molar-refractivity contribution in [1.29, 1.82) is 0 Å². The van der Waals surface area contributed by atoms with Crippen LogP contribution >= 0.6 is 0 Å². The van der Waals surface area contributed by atoms with Crippen LogP contribution in [0.1, 0.15) is 44.9 Å². The van der Waals surface area contributed by atoms with Crippen molar-refractivity contribution >= 4 is 5.78 Å². The Hall–Kier alpha value is -0.410. The van der Waals surface area contributed by atoms with E-state index in [9.17, 15) is 15.0 Å². The molecule has 2 N–H and O–H groups in total. The van der Waals surface area contributed by atoms with Crippen molar-refractivity contribution in [1.82, 2.24) is 0 Å². The molecular formula is C12H20O3. The van der Waals surface area contributed by atoms with Crippen LogP contribution in [-0.4, -0.2) is 28.2 Å². The van der Waals surface area contributed by atoms with Gasteiger partial charge < -0.3 is 10.2 Å². The third-order valence-corrected chi connectivity index (χ3v) is 3.74. The van der Waals surface area contributed by atoms with E-state index in [0.717, 1.165) is 32.1 Å². The molecule has 0 aromatic heterocycles. The zero-order valence-electron chi connectivity index (χ0n) is 9.06. The predicted molar refractivity (Wildman–Crippen MR) is 56.3 cm³/mol. The van der Waals surface area contributed by atoms with Crippen LogP contribution in [0.4, 0.5) is 0 Å². The van der Waals surface area contributed by atoms with Gasteiger partial charge in [-0.3, -0.25) is 4.79 Å². The summed E-state index contributed by atoms with van der Waals surface area (Å²) in [5.74, 6) is 0.573. The molecule has 2 aliphatic carbocycles. The lowest BCUT2D eigenvalue weighted by Crippen LogP contribution is -2.36. The third kappa shape index (κ3) is 2.79. The van der Waals surface area contributed by atoms with Gasteiger partial charge in [0, 0.05) is 18.3 Å². The zero-order chi connectivity index (χ0) is 10.8. The van der Waals surface area contributed by atoms with Gasteiger partial charge in [-0.1, -0.05) is 0 Å². The second-order valence-corrected chi connectivity index (χ2v) is 5.01. The maximum absolute atomic E-state index is 11.5. The molecule has 3 heteroatoms. The maximum Gasteiger partial charge on any atom is 0.135 e. The lowest BCUT2D eigenvalue weighted by atomic mass is 9.80. The number of aliphatic hydroxyl groups is 2. The lowest BCUT2D eigenvalue weighted by molar-refractivity contribution is -0.121. The van der Waals surface area contributed by atoms with Crippen molar-refractivity contribution in [2.24, 2.45) is 11.8 Å². The van der Waals surface area contributed by atoms with Gasteiger partial charge in [0.25, 0.3) is 0 Å². The van der Waals surface area contributed by atoms with E-state index in [-0.39, 0.29) is 5.92 Å². The third-order valence-electron chi connectivity index (χ3n) is 3.74. The number of hydrogen-bond acceptors (Lipinski definition) is 3. The molecular weight excluding hydrogens is 192 g/mol.